The van der Waals surface area contributed by atoms with Gasteiger partial charge in [-0.3, -0.25) is 4.90 Å². The van der Waals surface area contributed by atoms with Crippen LogP contribution >= 0.6 is 0 Å². The second-order valence-electron chi connectivity index (χ2n) is 7.27. The molecule has 2 aromatic rings. The third kappa shape index (κ3) is 5.01. The lowest BCUT2D eigenvalue weighted by Crippen LogP contribution is -2.32. The maximum Gasteiger partial charge on any atom is 0.341 e. The topological polar surface area (TPSA) is 48.9 Å². The normalized spacial score (nSPS) is 15.2. The molecule has 0 bridgehead atoms. The summed E-state index contributed by atoms with van der Waals surface area (Å²) in [5.41, 5.74) is 3.09. The third-order valence-electron chi connectivity index (χ3n) is 5.03. The van der Waals surface area contributed by atoms with Gasteiger partial charge in [0.15, 0.2) is 0 Å². The van der Waals surface area contributed by atoms with E-state index in [-0.39, 0.29) is 5.97 Å². The summed E-state index contributed by atoms with van der Waals surface area (Å²) in [6, 6.07) is 12.3. The van der Waals surface area contributed by atoms with Gasteiger partial charge < -0.3 is 14.5 Å². The molecule has 1 aliphatic heterocycles. The number of anilines is 2. The lowest BCUT2D eigenvalue weighted by molar-refractivity contribution is 0.0526. The van der Waals surface area contributed by atoms with Crippen LogP contribution in [0, 0.1) is 0 Å². The predicted molar refractivity (Wildman–Crippen MR) is 113 cm³/mol. The Morgan fingerprint density at radius 3 is 2.61 bits per heavy atom. The van der Waals surface area contributed by atoms with E-state index >= 15 is 0 Å². The fourth-order valence-electron chi connectivity index (χ4n) is 3.52. The molecule has 0 spiro atoms. The highest BCUT2D eigenvalue weighted by Crippen LogP contribution is 2.21. The van der Waals surface area contributed by atoms with Crippen molar-refractivity contribution in [3.63, 3.8) is 0 Å². The highest BCUT2D eigenvalue weighted by atomic mass is 16.5. The highest BCUT2D eigenvalue weighted by Gasteiger charge is 2.21. The van der Waals surface area contributed by atoms with Crippen molar-refractivity contribution in [3.8, 4) is 0 Å². The largest absolute Gasteiger partial charge is 0.462 e. The second-order valence-corrected chi connectivity index (χ2v) is 7.27. The quantitative estimate of drug-likeness (QED) is 0.716. The Morgan fingerprint density at radius 2 is 1.89 bits per heavy atom. The second kappa shape index (κ2) is 9.55. The van der Waals surface area contributed by atoms with E-state index in [9.17, 15) is 4.79 Å². The fraction of sp³-hybridized carbons (Fsp3) is 0.455. The summed E-state index contributed by atoms with van der Waals surface area (Å²) in [5, 5.41) is 0. The highest BCUT2D eigenvalue weighted by molar-refractivity contribution is 5.94. The number of nitrogens with zero attached hydrogens (tertiary/aromatic N) is 4. The maximum absolute atomic E-state index is 12.3. The molecule has 3 rings (SSSR count). The molecule has 0 aliphatic carbocycles. The minimum absolute atomic E-state index is 0.298. The summed E-state index contributed by atoms with van der Waals surface area (Å²) in [5.74, 6) is 0.436. The molecule has 150 valence electrons. The number of aromatic nitrogens is 1. The molecule has 6 heteroatoms. The molecule has 6 nitrogen and oxygen atoms in total. The van der Waals surface area contributed by atoms with Crippen LogP contribution in [0.1, 0.15) is 29.3 Å². The summed E-state index contributed by atoms with van der Waals surface area (Å²) < 4.78 is 5.20. The number of hydrogen-bond acceptors (Lipinski definition) is 6. The number of carbonyl (C=O) groups is 1. The van der Waals surface area contributed by atoms with Gasteiger partial charge in [-0.05, 0) is 43.2 Å². The molecular weight excluding hydrogens is 352 g/mol. The Balaban J connectivity index is 1.65. The Labute approximate surface area is 167 Å². The van der Waals surface area contributed by atoms with Gasteiger partial charge in [0.25, 0.3) is 0 Å². The Bertz CT molecular complexity index is 776. The molecule has 2 heterocycles. The monoisotopic (exact) mass is 382 g/mol. The van der Waals surface area contributed by atoms with Crippen LogP contribution < -0.4 is 9.80 Å². The van der Waals surface area contributed by atoms with E-state index in [1.807, 2.05) is 6.92 Å². The van der Waals surface area contributed by atoms with Crippen molar-refractivity contribution in [2.24, 2.45) is 0 Å². The van der Waals surface area contributed by atoms with Gasteiger partial charge in [-0.25, -0.2) is 9.78 Å². The fourth-order valence-corrected chi connectivity index (χ4v) is 3.52. The standard InChI is InChI=1S/C22H30N4O2/c1-4-28-22(27)20-7-5-12-23-21(20)26-14-6-13-25(15-16-26)17-18-8-10-19(11-9-18)24(2)3/h5,7-12H,4,6,13-17H2,1-3H3. The van der Waals surface area contributed by atoms with Crippen molar-refractivity contribution >= 4 is 17.5 Å². The molecule has 0 unspecified atom stereocenters. The van der Waals surface area contributed by atoms with Crippen LogP contribution in [0.2, 0.25) is 0 Å². The summed E-state index contributed by atoms with van der Waals surface area (Å²) >= 11 is 0. The summed E-state index contributed by atoms with van der Waals surface area (Å²) in [4.78, 5) is 23.5. The summed E-state index contributed by atoms with van der Waals surface area (Å²) in [6.45, 7) is 6.84. The van der Waals surface area contributed by atoms with Gasteiger partial charge in [-0.1, -0.05) is 12.1 Å². The minimum Gasteiger partial charge on any atom is -0.462 e. The number of carbonyl (C=O) groups excluding carboxylic acids is 1. The van der Waals surface area contributed by atoms with Gasteiger partial charge in [-0.2, -0.15) is 0 Å². The molecule has 1 aliphatic rings. The minimum atomic E-state index is -0.298. The average Bonchev–Trinajstić information content (AvgIpc) is 2.94. The molecule has 0 amide bonds. The van der Waals surface area contributed by atoms with Crippen molar-refractivity contribution in [3.05, 3.63) is 53.7 Å². The smallest absolute Gasteiger partial charge is 0.341 e. The van der Waals surface area contributed by atoms with Gasteiger partial charge >= 0.3 is 5.97 Å². The first kappa shape index (κ1) is 20.1. The van der Waals surface area contributed by atoms with Crippen molar-refractivity contribution in [2.45, 2.75) is 19.9 Å². The SMILES string of the molecule is CCOC(=O)c1cccnc1N1CCCN(Cc2ccc(N(C)C)cc2)CC1. The molecule has 1 saturated heterocycles. The molecule has 1 aromatic heterocycles. The number of pyridine rings is 1. The first-order valence-corrected chi connectivity index (χ1v) is 9.94. The molecule has 0 N–H and O–H groups in total. The van der Waals surface area contributed by atoms with Crippen molar-refractivity contribution in [1.29, 1.82) is 0 Å². The maximum atomic E-state index is 12.3. The first-order valence-electron chi connectivity index (χ1n) is 9.94. The number of rotatable bonds is 6. The van der Waals surface area contributed by atoms with Crippen molar-refractivity contribution < 1.29 is 9.53 Å². The van der Waals surface area contributed by atoms with E-state index < -0.39 is 0 Å². The van der Waals surface area contributed by atoms with E-state index in [0.717, 1.165) is 45.0 Å². The van der Waals surface area contributed by atoms with Gasteiger partial charge in [-0.15, -0.1) is 0 Å². The molecular formula is C22H30N4O2. The zero-order valence-corrected chi connectivity index (χ0v) is 17.1. The van der Waals surface area contributed by atoms with Crippen molar-refractivity contribution in [2.75, 3.05) is 56.7 Å². The van der Waals surface area contributed by atoms with Gasteiger partial charge in [0.1, 0.15) is 11.4 Å². The van der Waals surface area contributed by atoms with E-state index in [0.29, 0.717) is 12.2 Å². The Morgan fingerprint density at radius 1 is 1.11 bits per heavy atom. The lowest BCUT2D eigenvalue weighted by Gasteiger charge is -2.24. The number of ether oxygens (including phenoxy) is 1. The summed E-state index contributed by atoms with van der Waals surface area (Å²) in [6.07, 6.45) is 2.78. The number of esters is 1. The molecule has 1 fully saturated rings. The van der Waals surface area contributed by atoms with Crippen LogP contribution in [0.4, 0.5) is 11.5 Å². The van der Waals surface area contributed by atoms with E-state index in [1.165, 1.54) is 11.3 Å². The van der Waals surface area contributed by atoms with Gasteiger partial charge in [0, 0.05) is 58.7 Å². The summed E-state index contributed by atoms with van der Waals surface area (Å²) in [7, 11) is 4.11. The van der Waals surface area contributed by atoms with E-state index in [1.54, 1.807) is 18.3 Å². The average molecular weight is 383 g/mol. The van der Waals surface area contributed by atoms with E-state index in [2.05, 4.69) is 58.0 Å². The van der Waals surface area contributed by atoms with Crippen LogP contribution in [-0.4, -0.2) is 62.7 Å². The molecule has 0 saturated carbocycles. The van der Waals surface area contributed by atoms with Gasteiger partial charge in [0.2, 0.25) is 0 Å². The van der Waals surface area contributed by atoms with Gasteiger partial charge in [0.05, 0.1) is 6.61 Å². The van der Waals surface area contributed by atoms with Crippen LogP contribution in [-0.2, 0) is 11.3 Å². The van der Waals surface area contributed by atoms with Crippen LogP contribution in [0.15, 0.2) is 42.6 Å². The first-order chi connectivity index (χ1) is 13.6. The molecule has 1 aromatic carbocycles. The zero-order valence-electron chi connectivity index (χ0n) is 17.1. The Kier molecular flexibility index (Phi) is 6.87. The molecule has 0 radical (unpaired) electrons. The molecule has 28 heavy (non-hydrogen) atoms. The van der Waals surface area contributed by atoms with E-state index in [4.69, 9.17) is 4.74 Å². The predicted octanol–water partition coefficient (Wildman–Crippen LogP) is 3.04. The molecule has 0 atom stereocenters. The third-order valence-corrected chi connectivity index (χ3v) is 5.03. The van der Waals surface area contributed by atoms with Crippen LogP contribution in [0.5, 0.6) is 0 Å². The van der Waals surface area contributed by atoms with Crippen molar-refractivity contribution in [1.82, 2.24) is 9.88 Å². The number of benzene rings is 1. The number of hydrogen-bond donors (Lipinski definition) is 0. The Hall–Kier alpha value is -2.60. The zero-order chi connectivity index (χ0) is 19.9. The lowest BCUT2D eigenvalue weighted by atomic mass is 10.2. The van der Waals surface area contributed by atoms with Crippen LogP contribution in [0.3, 0.4) is 0 Å². The van der Waals surface area contributed by atoms with Crippen LogP contribution in [0.25, 0.3) is 0 Å².